The smallest absolute Gasteiger partial charge is 0.201 e. The molecule has 1 aliphatic rings. The Morgan fingerprint density at radius 3 is 2.79 bits per heavy atom. The largest absolute Gasteiger partial charge is 0.440 e. The zero-order valence-corrected chi connectivity index (χ0v) is 11.8. The predicted octanol–water partition coefficient (Wildman–Crippen LogP) is 3.56. The lowest BCUT2D eigenvalue weighted by Gasteiger charge is -2.34. The SMILES string of the molecule is CCCC1(c2nc3c(C)cccc3o2)CCNCC1. The number of piperidine rings is 1. The van der Waals surface area contributed by atoms with Crippen LogP contribution in [0.2, 0.25) is 0 Å². The Balaban J connectivity index is 2.07. The van der Waals surface area contributed by atoms with Crippen LogP contribution in [0.1, 0.15) is 44.1 Å². The number of hydrogen-bond acceptors (Lipinski definition) is 3. The van der Waals surface area contributed by atoms with E-state index >= 15 is 0 Å². The van der Waals surface area contributed by atoms with E-state index in [1.807, 2.05) is 12.1 Å². The van der Waals surface area contributed by atoms with Crippen LogP contribution in [0.5, 0.6) is 0 Å². The van der Waals surface area contributed by atoms with Crippen LogP contribution in [0, 0.1) is 6.92 Å². The van der Waals surface area contributed by atoms with E-state index < -0.39 is 0 Å². The Hall–Kier alpha value is -1.35. The minimum absolute atomic E-state index is 0.144. The standard InChI is InChI=1S/C16H22N2O/c1-3-7-16(8-10-17-11-9-16)15-18-14-12(2)5-4-6-13(14)19-15/h4-6,17H,3,7-11H2,1-2H3. The fourth-order valence-corrected chi connectivity index (χ4v) is 3.27. The molecule has 1 aliphatic heterocycles. The molecule has 0 aliphatic carbocycles. The van der Waals surface area contributed by atoms with Gasteiger partial charge in [0.2, 0.25) is 5.89 Å². The molecule has 1 aromatic carbocycles. The average Bonchev–Trinajstić information content (AvgIpc) is 2.86. The second-order valence-electron chi connectivity index (χ2n) is 5.72. The van der Waals surface area contributed by atoms with Crippen molar-refractivity contribution in [2.24, 2.45) is 0 Å². The van der Waals surface area contributed by atoms with Crippen molar-refractivity contribution >= 4 is 11.1 Å². The van der Waals surface area contributed by atoms with Gasteiger partial charge in [-0.2, -0.15) is 0 Å². The zero-order valence-electron chi connectivity index (χ0n) is 11.8. The lowest BCUT2D eigenvalue weighted by Crippen LogP contribution is -2.40. The van der Waals surface area contributed by atoms with E-state index in [-0.39, 0.29) is 5.41 Å². The summed E-state index contributed by atoms with van der Waals surface area (Å²) in [6, 6.07) is 6.17. The molecule has 19 heavy (non-hydrogen) atoms. The number of nitrogens with zero attached hydrogens (tertiary/aromatic N) is 1. The second-order valence-corrected chi connectivity index (χ2v) is 5.72. The van der Waals surface area contributed by atoms with Crippen LogP contribution in [-0.2, 0) is 5.41 Å². The van der Waals surface area contributed by atoms with Crippen LogP contribution in [-0.4, -0.2) is 18.1 Å². The van der Waals surface area contributed by atoms with Gasteiger partial charge in [-0.05, 0) is 50.9 Å². The summed E-state index contributed by atoms with van der Waals surface area (Å²) in [4.78, 5) is 4.83. The third-order valence-corrected chi connectivity index (χ3v) is 4.36. The summed E-state index contributed by atoms with van der Waals surface area (Å²) in [6.07, 6.45) is 4.61. The number of aryl methyl sites for hydroxylation is 1. The number of nitrogens with one attached hydrogen (secondary N) is 1. The first-order chi connectivity index (χ1) is 9.25. The summed E-state index contributed by atoms with van der Waals surface area (Å²) in [5.41, 5.74) is 3.31. The van der Waals surface area contributed by atoms with Crippen molar-refractivity contribution in [3.05, 3.63) is 29.7 Å². The fourth-order valence-electron chi connectivity index (χ4n) is 3.27. The fraction of sp³-hybridized carbons (Fsp3) is 0.562. The molecule has 3 rings (SSSR count). The summed E-state index contributed by atoms with van der Waals surface area (Å²) in [7, 11) is 0. The van der Waals surface area contributed by atoms with Crippen LogP contribution < -0.4 is 5.32 Å². The Morgan fingerprint density at radius 1 is 1.32 bits per heavy atom. The van der Waals surface area contributed by atoms with Gasteiger partial charge in [0.15, 0.2) is 5.58 Å². The number of fused-ring (bicyclic) bond motifs is 1. The molecule has 0 amide bonds. The molecule has 0 unspecified atom stereocenters. The summed E-state index contributed by atoms with van der Waals surface area (Å²) in [5.74, 6) is 0.958. The van der Waals surface area contributed by atoms with Gasteiger partial charge in [0.1, 0.15) is 5.52 Å². The number of oxazole rings is 1. The third-order valence-electron chi connectivity index (χ3n) is 4.36. The highest BCUT2D eigenvalue weighted by molar-refractivity contribution is 5.76. The number of hydrogen-bond donors (Lipinski definition) is 1. The van der Waals surface area contributed by atoms with E-state index in [2.05, 4.69) is 25.2 Å². The van der Waals surface area contributed by atoms with Crippen molar-refractivity contribution in [2.45, 2.75) is 44.9 Å². The Bertz CT molecular complexity index is 562. The molecular weight excluding hydrogens is 236 g/mol. The molecule has 1 fully saturated rings. The topological polar surface area (TPSA) is 38.1 Å². The van der Waals surface area contributed by atoms with E-state index in [1.54, 1.807) is 0 Å². The molecular formula is C16H22N2O. The zero-order chi connectivity index (χ0) is 13.3. The maximum Gasteiger partial charge on any atom is 0.201 e. The van der Waals surface area contributed by atoms with Gasteiger partial charge in [-0.3, -0.25) is 0 Å². The Labute approximate surface area is 114 Å². The molecule has 0 spiro atoms. The molecule has 2 aromatic rings. The van der Waals surface area contributed by atoms with Crippen molar-refractivity contribution in [3.8, 4) is 0 Å². The van der Waals surface area contributed by atoms with Crippen LogP contribution in [0.15, 0.2) is 22.6 Å². The lowest BCUT2D eigenvalue weighted by atomic mass is 9.75. The molecule has 1 saturated heterocycles. The highest BCUT2D eigenvalue weighted by Crippen LogP contribution is 2.39. The van der Waals surface area contributed by atoms with Gasteiger partial charge in [0.05, 0.1) is 0 Å². The van der Waals surface area contributed by atoms with E-state index in [1.165, 1.54) is 18.4 Å². The number of benzene rings is 1. The first-order valence-electron chi connectivity index (χ1n) is 7.32. The predicted molar refractivity (Wildman–Crippen MR) is 77.4 cm³/mol. The normalized spacial score (nSPS) is 18.8. The maximum absolute atomic E-state index is 6.11. The van der Waals surface area contributed by atoms with Gasteiger partial charge in [-0.15, -0.1) is 0 Å². The van der Waals surface area contributed by atoms with Gasteiger partial charge < -0.3 is 9.73 Å². The van der Waals surface area contributed by atoms with Crippen molar-refractivity contribution < 1.29 is 4.42 Å². The number of aromatic nitrogens is 1. The number of rotatable bonds is 3. The van der Waals surface area contributed by atoms with Gasteiger partial charge >= 0.3 is 0 Å². The minimum atomic E-state index is 0.144. The van der Waals surface area contributed by atoms with E-state index in [0.717, 1.165) is 42.9 Å². The van der Waals surface area contributed by atoms with Crippen molar-refractivity contribution in [1.82, 2.24) is 10.3 Å². The van der Waals surface area contributed by atoms with Gasteiger partial charge in [0.25, 0.3) is 0 Å². The monoisotopic (exact) mass is 258 g/mol. The van der Waals surface area contributed by atoms with E-state index in [9.17, 15) is 0 Å². The average molecular weight is 258 g/mol. The third kappa shape index (κ3) is 2.16. The first-order valence-corrected chi connectivity index (χ1v) is 7.32. The van der Waals surface area contributed by atoms with Crippen molar-refractivity contribution in [2.75, 3.05) is 13.1 Å². The van der Waals surface area contributed by atoms with Gasteiger partial charge in [0, 0.05) is 5.41 Å². The van der Waals surface area contributed by atoms with Gasteiger partial charge in [-0.1, -0.05) is 25.5 Å². The number of para-hydroxylation sites is 1. The molecule has 0 atom stereocenters. The van der Waals surface area contributed by atoms with Gasteiger partial charge in [-0.25, -0.2) is 4.98 Å². The van der Waals surface area contributed by atoms with Crippen LogP contribution >= 0.6 is 0 Å². The van der Waals surface area contributed by atoms with Crippen molar-refractivity contribution in [3.63, 3.8) is 0 Å². The molecule has 0 radical (unpaired) electrons. The quantitative estimate of drug-likeness (QED) is 0.914. The molecule has 1 aromatic heterocycles. The highest BCUT2D eigenvalue weighted by atomic mass is 16.3. The van der Waals surface area contributed by atoms with Crippen LogP contribution in [0.3, 0.4) is 0 Å². The lowest BCUT2D eigenvalue weighted by molar-refractivity contribution is 0.234. The first kappa shape index (κ1) is 12.7. The molecule has 0 saturated carbocycles. The molecule has 0 bridgehead atoms. The van der Waals surface area contributed by atoms with Crippen LogP contribution in [0.25, 0.3) is 11.1 Å². The molecule has 2 heterocycles. The van der Waals surface area contributed by atoms with E-state index in [4.69, 9.17) is 9.40 Å². The molecule has 1 N–H and O–H groups in total. The summed E-state index contributed by atoms with van der Waals surface area (Å²) < 4.78 is 6.11. The molecule has 3 nitrogen and oxygen atoms in total. The molecule has 102 valence electrons. The Kier molecular flexibility index (Phi) is 3.31. The summed E-state index contributed by atoms with van der Waals surface area (Å²) in [6.45, 7) is 6.48. The van der Waals surface area contributed by atoms with Crippen molar-refractivity contribution in [1.29, 1.82) is 0 Å². The second kappa shape index (κ2) is 4.97. The minimum Gasteiger partial charge on any atom is -0.440 e. The molecule has 3 heteroatoms. The van der Waals surface area contributed by atoms with E-state index in [0.29, 0.717) is 0 Å². The Morgan fingerprint density at radius 2 is 2.11 bits per heavy atom. The summed E-state index contributed by atoms with van der Waals surface area (Å²) >= 11 is 0. The maximum atomic E-state index is 6.11. The van der Waals surface area contributed by atoms with Crippen LogP contribution in [0.4, 0.5) is 0 Å². The highest BCUT2D eigenvalue weighted by Gasteiger charge is 2.37. The summed E-state index contributed by atoms with van der Waals surface area (Å²) in [5, 5.41) is 3.44.